The van der Waals surface area contributed by atoms with Crippen LogP contribution in [0.2, 0.25) is 0 Å². The molecule has 0 amide bonds. The van der Waals surface area contributed by atoms with Gasteiger partial charge in [-0.1, -0.05) is 30.7 Å². The number of likely N-dealkylation sites (N-methyl/N-ethyl adjacent to an activating group) is 1. The molecule has 0 spiro atoms. The molecule has 0 aliphatic heterocycles. The molecule has 2 aromatic rings. The normalized spacial score (nSPS) is 17.9. The van der Waals surface area contributed by atoms with Gasteiger partial charge in [0.2, 0.25) is 0 Å². The summed E-state index contributed by atoms with van der Waals surface area (Å²) in [6.07, 6.45) is 3.86. The number of fused-ring (bicyclic) bond motifs is 1. The summed E-state index contributed by atoms with van der Waals surface area (Å²) in [4.78, 5) is 4.85. The molecule has 1 aromatic heterocycles. The zero-order chi connectivity index (χ0) is 11.7. The van der Waals surface area contributed by atoms with Crippen molar-refractivity contribution >= 4 is 10.9 Å². The Morgan fingerprint density at radius 2 is 2.00 bits per heavy atom. The standard InChI is InChI=1S/C15H18N2/c1-16-11-15(9-4-10-15)14-8-7-12-5-2-3-6-13(12)17-14/h2-3,5-8,16H,4,9-11H2,1H3. The molecule has 0 bridgehead atoms. The van der Waals surface area contributed by atoms with Crippen LogP contribution in [0.4, 0.5) is 0 Å². The number of hydrogen-bond donors (Lipinski definition) is 1. The Morgan fingerprint density at radius 1 is 1.18 bits per heavy atom. The predicted molar refractivity (Wildman–Crippen MR) is 71.2 cm³/mol. The van der Waals surface area contributed by atoms with Crippen LogP contribution < -0.4 is 5.32 Å². The lowest BCUT2D eigenvalue weighted by Gasteiger charge is -2.41. The van der Waals surface area contributed by atoms with Crippen molar-refractivity contribution in [3.8, 4) is 0 Å². The first-order valence-electron chi connectivity index (χ1n) is 6.35. The molecule has 0 atom stereocenters. The molecular formula is C15H18N2. The van der Waals surface area contributed by atoms with Crippen molar-refractivity contribution in [1.82, 2.24) is 10.3 Å². The van der Waals surface area contributed by atoms with Crippen molar-refractivity contribution in [2.24, 2.45) is 0 Å². The van der Waals surface area contributed by atoms with Gasteiger partial charge >= 0.3 is 0 Å². The van der Waals surface area contributed by atoms with E-state index in [1.54, 1.807) is 0 Å². The molecule has 1 aromatic carbocycles. The van der Waals surface area contributed by atoms with Crippen LogP contribution in [-0.2, 0) is 5.41 Å². The summed E-state index contributed by atoms with van der Waals surface area (Å²) in [5, 5.41) is 4.55. The predicted octanol–water partition coefficient (Wildman–Crippen LogP) is 2.88. The number of benzene rings is 1. The van der Waals surface area contributed by atoms with Gasteiger partial charge in [-0.25, -0.2) is 0 Å². The minimum atomic E-state index is 0.290. The molecule has 0 radical (unpaired) electrons. The van der Waals surface area contributed by atoms with E-state index < -0.39 is 0 Å². The molecule has 0 unspecified atom stereocenters. The van der Waals surface area contributed by atoms with Crippen molar-refractivity contribution < 1.29 is 0 Å². The molecule has 2 heteroatoms. The van der Waals surface area contributed by atoms with E-state index in [0.29, 0.717) is 5.41 Å². The summed E-state index contributed by atoms with van der Waals surface area (Å²) in [7, 11) is 2.03. The van der Waals surface area contributed by atoms with Crippen LogP contribution in [0.15, 0.2) is 36.4 Å². The first kappa shape index (κ1) is 10.7. The third-order valence-electron chi connectivity index (χ3n) is 3.97. The summed E-state index contributed by atoms with van der Waals surface area (Å²) in [5.41, 5.74) is 2.67. The molecule has 88 valence electrons. The molecule has 1 aliphatic carbocycles. The topological polar surface area (TPSA) is 24.9 Å². The monoisotopic (exact) mass is 226 g/mol. The smallest absolute Gasteiger partial charge is 0.0705 e. The molecule has 1 aliphatic rings. The number of rotatable bonds is 3. The summed E-state index contributed by atoms with van der Waals surface area (Å²) in [5.74, 6) is 0. The Hall–Kier alpha value is -1.41. The number of pyridine rings is 1. The summed E-state index contributed by atoms with van der Waals surface area (Å²) < 4.78 is 0. The maximum Gasteiger partial charge on any atom is 0.0705 e. The number of nitrogens with one attached hydrogen (secondary N) is 1. The van der Waals surface area contributed by atoms with Gasteiger partial charge in [0, 0.05) is 23.0 Å². The zero-order valence-corrected chi connectivity index (χ0v) is 10.2. The van der Waals surface area contributed by atoms with Gasteiger partial charge in [-0.05, 0) is 32.0 Å². The molecule has 1 N–H and O–H groups in total. The molecule has 3 rings (SSSR count). The largest absolute Gasteiger partial charge is 0.319 e. The maximum absolute atomic E-state index is 4.85. The Labute approximate surface area is 102 Å². The van der Waals surface area contributed by atoms with E-state index in [2.05, 4.69) is 41.7 Å². The van der Waals surface area contributed by atoms with Crippen LogP contribution in [-0.4, -0.2) is 18.6 Å². The van der Waals surface area contributed by atoms with E-state index in [9.17, 15) is 0 Å². The average Bonchev–Trinajstić information content (AvgIpc) is 2.33. The lowest BCUT2D eigenvalue weighted by molar-refractivity contribution is 0.233. The van der Waals surface area contributed by atoms with Crippen molar-refractivity contribution in [3.05, 3.63) is 42.1 Å². The minimum absolute atomic E-state index is 0.290. The Bertz CT molecular complexity index is 529. The lowest BCUT2D eigenvalue weighted by Crippen LogP contribution is -2.43. The van der Waals surface area contributed by atoms with Crippen molar-refractivity contribution in [2.45, 2.75) is 24.7 Å². The van der Waals surface area contributed by atoms with Gasteiger partial charge < -0.3 is 5.32 Å². The van der Waals surface area contributed by atoms with Crippen molar-refractivity contribution in [2.75, 3.05) is 13.6 Å². The van der Waals surface area contributed by atoms with Gasteiger partial charge in [0.1, 0.15) is 0 Å². The zero-order valence-electron chi connectivity index (χ0n) is 10.2. The molecule has 17 heavy (non-hydrogen) atoms. The third-order valence-corrected chi connectivity index (χ3v) is 3.97. The second-order valence-corrected chi connectivity index (χ2v) is 5.05. The van der Waals surface area contributed by atoms with Gasteiger partial charge in [0.05, 0.1) is 5.52 Å². The maximum atomic E-state index is 4.85. The summed E-state index contributed by atoms with van der Waals surface area (Å²) in [6.45, 7) is 1.04. The summed E-state index contributed by atoms with van der Waals surface area (Å²) in [6, 6.07) is 12.8. The second-order valence-electron chi connectivity index (χ2n) is 5.05. The number of nitrogens with zero attached hydrogens (tertiary/aromatic N) is 1. The quantitative estimate of drug-likeness (QED) is 0.870. The fourth-order valence-corrected chi connectivity index (χ4v) is 2.83. The van der Waals surface area contributed by atoms with Crippen molar-refractivity contribution in [1.29, 1.82) is 0 Å². The van der Waals surface area contributed by atoms with E-state index in [-0.39, 0.29) is 0 Å². The van der Waals surface area contributed by atoms with Crippen LogP contribution in [0.5, 0.6) is 0 Å². The first-order valence-corrected chi connectivity index (χ1v) is 6.35. The van der Waals surface area contributed by atoms with E-state index >= 15 is 0 Å². The molecule has 2 nitrogen and oxygen atoms in total. The molecular weight excluding hydrogens is 208 g/mol. The van der Waals surface area contributed by atoms with Gasteiger partial charge in [-0.2, -0.15) is 0 Å². The highest BCUT2D eigenvalue weighted by atomic mass is 14.9. The fourth-order valence-electron chi connectivity index (χ4n) is 2.83. The van der Waals surface area contributed by atoms with E-state index in [1.165, 1.54) is 30.3 Å². The van der Waals surface area contributed by atoms with Crippen LogP contribution >= 0.6 is 0 Å². The highest BCUT2D eigenvalue weighted by molar-refractivity contribution is 5.78. The highest BCUT2D eigenvalue weighted by Gasteiger charge is 2.39. The van der Waals surface area contributed by atoms with Crippen molar-refractivity contribution in [3.63, 3.8) is 0 Å². The average molecular weight is 226 g/mol. The lowest BCUT2D eigenvalue weighted by atomic mass is 9.66. The SMILES string of the molecule is CNCC1(c2ccc3ccccc3n2)CCC1. The van der Waals surface area contributed by atoms with Gasteiger partial charge in [-0.15, -0.1) is 0 Å². The van der Waals surface area contributed by atoms with Crippen LogP contribution in [0.1, 0.15) is 25.0 Å². The first-order chi connectivity index (χ1) is 8.34. The van der Waals surface area contributed by atoms with Gasteiger partial charge in [0.15, 0.2) is 0 Å². The minimum Gasteiger partial charge on any atom is -0.319 e. The molecule has 0 saturated heterocycles. The Morgan fingerprint density at radius 3 is 2.71 bits per heavy atom. The number of hydrogen-bond acceptors (Lipinski definition) is 2. The van der Waals surface area contributed by atoms with Crippen LogP contribution in [0, 0.1) is 0 Å². The van der Waals surface area contributed by atoms with E-state index in [0.717, 1.165) is 12.1 Å². The van der Waals surface area contributed by atoms with Gasteiger partial charge in [-0.3, -0.25) is 4.98 Å². The Balaban J connectivity index is 2.05. The second kappa shape index (κ2) is 4.11. The molecule has 1 saturated carbocycles. The van der Waals surface area contributed by atoms with E-state index in [4.69, 9.17) is 4.98 Å². The number of para-hydroxylation sites is 1. The Kier molecular flexibility index (Phi) is 2.60. The molecule has 1 fully saturated rings. The summed E-state index contributed by atoms with van der Waals surface area (Å²) >= 11 is 0. The highest BCUT2D eigenvalue weighted by Crippen LogP contribution is 2.42. The molecule has 1 heterocycles. The van der Waals surface area contributed by atoms with Crippen LogP contribution in [0.25, 0.3) is 10.9 Å². The van der Waals surface area contributed by atoms with Gasteiger partial charge in [0.25, 0.3) is 0 Å². The fraction of sp³-hybridized carbons (Fsp3) is 0.400. The van der Waals surface area contributed by atoms with E-state index in [1.807, 2.05) is 7.05 Å². The number of aromatic nitrogens is 1. The van der Waals surface area contributed by atoms with Crippen LogP contribution in [0.3, 0.4) is 0 Å². The third kappa shape index (κ3) is 1.73.